The Morgan fingerprint density at radius 3 is 2.92 bits per heavy atom. The van der Waals surface area contributed by atoms with Crippen LogP contribution in [0.15, 0.2) is 0 Å². The summed E-state index contributed by atoms with van der Waals surface area (Å²) in [5.41, 5.74) is 6.60. The van der Waals surface area contributed by atoms with Crippen molar-refractivity contribution in [2.45, 2.75) is 18.9 Å². The van der Waals surface area contributed by atoms with Gasteiger partial charge in [0.25, 0.3) is 0 Å². The highest BCUT2D eigenvalue weighted by Gasteiger charge is 2.08. The zero-order valence-corrected chi connectivity index (χ0v) is 9.50. The molecule has 3 nitrogen and oxygen atoms in total. The molecule has 13 heavy (non-hydrogen) atoms. The smallest absolute Gasteiger partial charge is 0.103 e. The minimum atomic E-state index is 0.560. The van der Waals surface area contributed by atoms with Crippen molar-refractivity contribution in [2.24, 2.45) is 5.73 Å². The van der Waals surface area contributed by atoms with Crippen molar-refractivity contribution >= 4 is 23.1 Å². The van der Waals surface area contributed by atoms with E-state index in [1.807, 2.05) is 0 Å². The summed E-state index contributed by atoms with van der Waals surface area (Å²) in [6.07, 6.45) is 2.07. The number of ether oxygens (including phenoxy) is 1. The van der Waals surface area contributed by atoms with Crippen molar-refractivity contribution in [2.75, 3.05) is 13.4 Å². The molecule has 0 unspecified atom stereocenters. The van der Waals surface area contributed by atoms with Crippen molar-refractivity contribution in [3.63, 3.8) is 0 Å². The van der Waals surface area contributed by atoms with Crippen molar-refractivity contribution in [1.29, 1.82) is 0 Å². The second kappa shape index (κ2) is 5.59. The first-order valence-corrected chi connectivity index (χ1v) is 6.18. The van der Waals surface area contributed by atoms with Crippen LogP contribution < -0.4 is 5.73 Å². The molecule has 0 radical (unpaired) electrons. The van der Waals surface area contributed by atoms with Gasteiger partial charge in [-0.1, -0.05) is 0 Å². The van der Waals surface area contributed by atoms with Gasteiger partial charge in [0.1, 0.15) is 5.01 Å². The average Bonchev–Trinajstić information content (AvgIpc) is 2.49. The summed E-state index contributed by atoms with van der Waals surface area (Å²) in [6, 6.07) is 0. The van der Waals surface area contributed by atoms with Crippen molar-refractivity contribution in [1.82, 2.24) is 4.98 Å². The summed E-state index contributed by atoms with van der Waals surface area (Å²) in [5, 5.41) is 1.14. The molecule has 0 spiro atoms. The van der Waals surface area contributed by atoms with E-state index >= 15 is 0 Å². The Bertz CT molecular complexity index is 263. The van der Waals surface area contributed by atoms with Crippen LogP contribution in [0.1, 0.15) is 15.6 Å². The van der Waals surface area contributed by atoms with E-state index in [9.17, 15) is 0 Å². The van der Waals surface area contributed by atoms with Gasteiger partial charge in [0.2, 0.25) is 0 Å². The molecule has 0 fully saturated rings. The highest BCUT2D eigenvalue weighted by Crippen LogP contribution is 2.21. The van der Waals surface area contributed by atoms with Gasteiger partial charge in [0, 0.05) is 24.3 Å². The van der Waals surface area contributed by atoms with Crippen LogP contribution in [0.25, 0.3) is 0 Å². The Balaban J connectivity index is 2.77. The predicted octanol–water partition coefficient (Wildman–Crippen LogP) is 1.61. The van der Waals surface area contributed by atoms with Gasteiger partial charge in [-0.2, -0.15) is 11.8 Å². The first kappa shape index (κ1) is 11.0. The molecule has 0 atom stereocenters. The number of thioether (sulfide) groups is 1. The van der Waals surface area contributed by atoms with Crippen molar-refractivity contribution < 1.29 is 4.74 Å². The third-order valence-corrected chi connectivity index (χ3v) is 3.42. The summed E-state index contributed by atoms with van der Waals surface area (Å²) >= 11 is 3.46. The number of aromatic nitrogens is 1. The van der Waals surface area contributed by atoms with Crippen molar-refractivity contribution in [3.05, 3.63) is 15.6 Å². The van der Waals surface area contributed by atoms with E-state index < -0.39 is 0 Å². The van der Waals surface area contributed by atoms with Gasteiger partial charge >= 0.3 is 0 Å². The molecular formula is C8H14N2OS2. The molecule has 0 aliphatic heterocycles. The summed E-state index contributed by atoms with van der Waals surface area (Å²) in [4.78, 5) is 5.60. The number of nitrogens with two attached hydrogens (primary N) is 1. The summed E-state index contributed by atoms with van der Waals surface area (Å²) in [5.74, 6) is 0.960. The van der Waals surface area contributed by atoms with Crippen molar-refractivity contribution in [3.8, 4) is 0 Å². The molecule has 0 saturated carbocycles. The fraction of sp³-hybridized carbons (Fsp3) is 0.625. The molecule has 2 N–H and O–H groups in total. The van der Waals surface area contributed by atoms with Gasteiger partial charge in [-0.3, -0.25) is 0 Å². The minimum absolute atomic E-state index is 0.560. The number of hydrogen-bond acceptors (Lipinski definition) is 5. The van der Waals surface area contributed by atoms with Crippen LogP contribution in [0.3, 0.4) is 0 Å². The Labute approximate surface area is 86.7 Å². The lowest BCUT2D eigenvalue weighted by molar-refractivity contribution is 0.181. The van der Waals surface area contributed by atoms with Crippen LogP contribution in [0, 0.1) is 0 Å². The predicted molar refractivity (Wildman–Crippen MR) is 57.9 cm³/mol. The van der Waals surface area contributed by atoms with Crippen LogP contribution in [0.5, 0.6) is 0 Å². The summed E-state index contributed by atoms with van der Waals surface area (Å²) in [6.45, 7) is 1.13. The van der Waals surface area contributed by atoms with E-state index in [1.54, 1.807) is 30.2 Å². The maximum atomic E-state index is 5.60. The Morgan fingerprint density at radius 2 is 2.38 bits per heavy atom. The van der Waals surface area contributed by atoms with Crippen LogP contribution in [0.4, 0.5) is 0 Å². The monoisotopic (exact) mass is 218 g/mol. The second-order valence-electron chi connectivity index (χ2n) is 2.55. The largest absolute Gasteiger partial charge is 0.378 e. The SMILES string of the molecule is COCc1nc(CSC)sc1CN. The molecule has 0 aromatic carbocycles. The minimum Gasteiger partial charge on any atom is -0.378 e. The molecule has 0 aliphatic rings. The maximum Gasteiger partial charge on any atom is 0.103 e. The summed E-state index contributed by atoms with van der Waals surface area (Å²) in [7, 11) is 1.67. The lowest BCUT2D eigenvalue weighted by atomic mass is 10.4. The average molecular weight is 218 g/mol. The molecular weight excluding hydrogens is 204 g/mol. The fourth-order valence-electron chi connectivity index (χ4n) is 1.03. The van der Waals surface area contributed by atoms with Crippen LogP contribution in [0.2, 0.25) is 0 Å². The van der Waals surface area contributed by atoms with E-state index in [-0.39, 0.29) is 0 Å². The maximum absolute atomic E-state index is 5.60. The summed E-state index contributed by atoms with van der Waals surface area (Å²) < 4.78 is 5.04. The first-order valence-electron chi connectivity index (χ1n) is 3.97. The number of hydrogen-bond donors (Lipinski definition) is 1. The number of rotatable bonds is 5. The normalized spacial score (nSPS) is 10.7. The van der Waals surface area contributed by atoms with E-state index in [0.29, 0.717) is 13.2 Å². The van der Waals surface area contributed by atoms with E-state index in [1.165, 1.54) is 0 Å². The topological polar surface area (TPSA) is 48.1 Å². The Hall–Kier alpha value is -0.100. The molecule has 0 bridgehead atoms. The van der Waals surface area contributed by atoms with Gasteiger partial charge in [0.15, 0.2) is 0 Å². The number of thiazole rings is 1. The van der Waals surface area contributed by atoms with Crippen LogP contribution in [-0.4, -0.2) is 18.3 Å². The van der Waals surface area contributed by atoms with Gasteiger partial charge in [0.05, 0.1) is 12.3 Å². The third-order valence-electron chi connectivity index (χ3n) is 1.56. The second-order valence-corrected chi connectivity index (χ2v) is 4.58. The molecule has 1 heterocycles. The Morgan fingerprint density at radius 1 is 1.62 bits per heavy atom. The van der Waals surface area contributed by atoms with E-state index in [0.717, 1.165) is 21.3 Å². The number of nitrogens with zero attached hydrogens (tertiary/aromatic N) is 1. The molecule has 1 rings (SSSR count). The lowest BCUT2D eigenvalue weighted by Crippen LogP contribution is -1.99. The zero-order chi connectivity index (χ0) is 9.68. The highest BCUT2D eigenvalue weighted by atomic mass is 32.2. The fourth-order valence-corrected chi connectivity index (χ4v) is 2.68. The first-order chi connectivity index (χ1) is 6.31. The van der Waals surface area contributed by atoms with Crippen LogP contribution >= 0.6 is 23.1 Å². The molecule has 5 heteroatoms. The number of methoxy groups -OCH3 is 1. The van der Waals surface area contributed by atoms with Gasteiger partial charge in [-0.15, -0.1) is 11.3 Å². The molecule has 1 aromatic heterocycles. The molecule has 74 valence electrons. The van der Waals surface area contributed by atoms with E-state index in [4.69, 9.17) is 10.5 Å². The zero-order valence-electron chi connectivity index (χ0n) is 7.87. The molecule has 0 saturated heterocycles. The molecule has 0 amide bonds. The standard InChI is InChI=1S/C8H14N2OS2/c1-11-4-6-7(3-9)13-8(10-6)5-12-2/h3-5,9H2,1-2H3. The van der Waals surface area contributed by atoms with Gasteiger partial charge in [-0.25, -0.2) is 4.98 Å². The van der Waals surface area contributed by atoms with Gasteiger partial charge < -0.3 is 10.5 Å². The lowest BCUT2D eigenvalue weighted by Gasteiger charge is -1.95. The molecule has 0 aliphatic carbocycles. The third kappa shape index (κ3) is 2.95. The molecule has 1 aromatic rings. The van der Waals surface area contributed by atoms with E-state index in [2.05, 4.69) is 11.2 Å². The van der Waals surface area contributed by atoms with Gasteiger partial charge in [-0.05, 0) is 6.26 Å². The quantitative estimate of drug-likeness (QED) is 0.815. The van der Waals surface area contributed by atoms with Crippen LogP contribution in [-0.2, 0) is 23.6 Å². The highest BCUT2D eigenvalue weighted by molar-refractivity contribution is 7.97. The Kier molecular flexibility index (Phi) is 4.72.